The first-order valence-corrected chi connectivity index (χ1v) is 5.29. The largest absolute Gasteiger partial charge is 0.294 e. The number of benzene rings is 1. The molecule has 0 bridgehead atoms. The van der Waals surface area contributed by atoms with Crippen LogP contribution in [0.15, 0.2) is 12.1 Å². The average molecular weight is 209 g/mol. The van der Waals surface area contributed by atoms with Crippen LogP contribution in [-0.4, -0.2) is 5.78 Å². The molecule has 0 amide bonds. The van der Waals surface area contributed by atoms with Crippen molar-refractivity contribution < 1.29 is 4.79 Å². The molecule has 1 nitrogen and oxygen atoms in total. The maximum atomic E-state index is 11.8. The van der Waals surface area contributed by atoms with Gasteiger partial charge in [-0.1, -0.05) is 11.6 Å². The van der Waals surface area contributed by atoms with Crippen molar-refractivity contribution in [2.75, 3.05) is 0 Å². The fourth-order valence-corrected chi connectivity index (χ4v) is 1.82. The van der Waals surface area contributed by atoms with Crippen LogP contribution in [0.1, 0.15) is 34.3 Å². The Morgan fingerprint density at radius 1 is 1.29 bits per heavy atom. The molecule has 0 radical (unpaired) electrons. The Kier molecular flexibility index (Phi) is 2.36. The van der Waals surface area contributed by atoms with E-state index in [1.807, 2.05) is 26.0 Å². The van der Waals surface area contributed by atoms with Gasteiger partial charge >= 0.3 is 0 Å². The molecule has 1 aliphatic carbocycles. The lowest BCUT2D eigenvalue weighted by Crippen LogP contribution is -2.05. The van der Waals surface area contributed by atoms with E-state index in [1.54, 1.807) is 0 Å². The summed E-state index contributed by atoms with van der Waals surface area (Å²) in [5.41, 5.74) is 2.92. The molecular formula is C12H13ClO. The molecule has 0 aromatic heterocycles. The third-order valence-electron chi connectivity index (χ3n) is 2.93. The zero-order valence-electron chi connectivity index (χ0n) is 8.43. The van der Waals surface area contributed by atoms with Crippen molar-refractivity contribution >= 4 is 17.4 Å². The second-order valence-corrected chi connectivity index (χ2v) is 4.39. The minimum Gasteiger partial charge on any atom is -0.294 e. The Morgan fingerprint density at radius 3 is 2.50 bits per heavy atom. The van der Waals surface area contributed by atoms with Gasteiger partial charge in [-0.05, 0) is 49.9 Å². The third kappa shape index (κ3) is 1.57. The van der Waals surface area contributed by atoms with E-state index in [9.17, 15) is 4.79 Å². The fourth-order valence-electron chi connectivity index (χ4n) is 1.62. The van der Waals surface area contributed by atoms with Crippen LogP contribution in [0.2, 0.25) is 5.02 Å². The van der Waals surface area contributed by atoms with Gasteiger partial charge in [-0.2, -0.15) is 0 Å². The van der Waals surface area contributed by atoms with Gasteiger partial charge in [0.2, 0.25) is 0 Å². The Balaban J connectivity index is 2.43. The van der Waals surface area contributed by atoms with Gasteiger partial charge in [0.05, 0.1) is 0 Å². The van der Waals surface area contributed by atoms with E-state index in [2.05, 4.69) is 0 Å². The molecular weight excluding hydrogens is 196 g/mol. The van der Waals surface area contributed by atoms with Gasteiger partial charge in [0.25, 0.3) is 0 Å². The quantitative estimate of drug-likeness (QED) is 0.680. The minimum atomic E-state index is 0.286. The number of rotatable bonds is 2. The SMILES string of the molecule is Cc1c(Cl)ccc(C(=O)C2CC2)c1C. The summed E-state index contributed by atoms with van der Waals surface area (Å²) >= 11 is 5.97. The normalized spacial score (nSPS) is 15.6. The van der Waals surface area contributed by atoms with Crippen LogP contribution in [0.25, 0.3) is 0 Å². The highest BCUT2D eigenvalue weighted by molar-refractivity contribution is 6.31. The summed E-state index contributed by atoms with van der Waals surface area (Å²) in [6, 6.07) is 3.67. The molecule has 0 N–H and O–H groups in total. The highest BCUT2D eigenvalue weighted by Crippen LogP contribution is 2.34. The van der Waals surface area contributed by atoms with Crippen molar-refractivity contribution in [2.45, 2.75) is 26.7 Å². The van der Waals surface area contributed by atoms with Gasteiger partial charge in [0.15, 0.2) is 5.78 Å². The van der Waals surface area contributed by atoms with Crippen LogP contribution in [0.3, 0.4) is 0 Å². The number of halogens is 1. The first kappa shape index (κ1) is 9.72. The van der Waals surface area contributed by atoms with Crippen LogP contribution in [0, 0.1) is 19.8 Å². The molecule has 0 heterocycles. The lowest BCUT2D eigenvalue weighted by molar-refractivity contribution is 0.0967. The van der Waals surface area contributed by atoms with E-state index in [0.29, 0.717) is 5.78 Å². The monoisotopic (exact) mass is 208 g/mol. The van der Waals surface area contributed by atoms with Crippen molar-refractivity contribution in [3.8, 4) is 0 Å². The first-order valence-electron chi connectivity index (χ1n) is 4.91. The van der Waals surface area contributed by atoms with Crippen LogP contribution < -0.4 is 0 Å². The summed E-state index contributed by atoms with van der Waals surface area (Å²) in [5, 5.41) is 0.745. The Hall–Kier alpha value is -0.820. The van der Waals surface area contributed by atoms with E-state index in [1.165, 1.54) is 0 Å². The number of hydrogen-bond acceptors (Lipinski definition) is 1. The number of carbonyl (C=O) groups excluding carboxylic acids is 1. The third-order valence-corrected chi connectivity index (χ3v) is 3.34. The zero-order valence-corrected chi connectivity index (χ0v) is 9.19. The molecule has 1 saturated carbocycles. The summed E-state index contributed by atoms with van der Waals surface area (Å²) in [6.07, 6.45) is 2.11. The molecule has 0 atom stereocenters. The average Bonchev–Trinajstić information content (AvgIpc) is 2.97. The summed E-state index contributed by atoms with van der Waals surface area (Å²) in [7, 11) is 0. The van der Waals surface area contributed by atoms with Crippen molar-refractivity contribution in [3.05, 3.63) is 33.8 Å². The lowest BCUT2D eigenvalue weighted by atomic mass is 9.98. The smallest absolute Gasteiger partial charge is 0.166 e. The standard InChI is InChI=1S/C12H13ClO/c1-7-8(2)11(13)6-5-10(7)12(14)9-3-4-9/h5-6,9H,3-4H2,1-2H3. The van der Waals surface area contributed by atoms with E-state index >= 15 is 0 Å². The Labute approximate surface area is 89.1 Å². The van der Waals surface area contributed by atoms with E-state index in [4.69, 9.17) is 11.6 Å². The maximum Gasteiger partial charge on any atom is 0.166 e. The predicted octanol–water partition coefficient (Wildman–Crippen LogP) is 3.55. The molecule has 2 rings (SSSR count). The molecule has 0 aliphatic heterocycles. The minimum absolute atomic E-state index is 0.286. The van der Waals surface area contributed by atoms with Gasteiger partial charge in [-0.15, -0.1) is 0 Å². The molecule has 1 aliphatic rings. The van der Waals surface area contributed by atoms with Crippen molar-refractivity contribution in [1.29, 1.82) is 0 Å². The summed E-state index contributed by atoms with van der Waals surface area (Å²) in [4.78, 5) is 11.8. The molecule has 2 heteroatoms. The topological polar surface area (TPSA) is 17.1 Å². The maximum absolute atomic E-state index is 11.8. The van der Waals surface area contributed by atoms with Gasteiger partial charge in [0, 0.05) is 16.5 Å². The molecule has 1 aromatic rings. The van der Waals surface area contributed by atoms with Gasteiger partial charge < -0.3 is 0 Å². The van der Waals surface area contributed by atoms with Crippen molar-refractivity contribution in [3.63, 3.8) is 0 Å². The summed E-state index contributed by atoms with van der Waals surface area (Å²) < 4.78 is 0. The Bertz CT molecular complexity index is 392. The molecule has 0 spiro atoms. The number of Topliss-reactive ketones (excluding diaryl/α,β-unsaturated/α-hetero) is 1. The second kappa shape index (κ2) is 3.39. The molecule has 74 valence electrons. The van der Waals surface area contributed by atoms with Gasteiger partial charge in [0.1, 0.15) is 0 Å². The van der Waals surface area contributed by atoms with Gasteiger partial charge in [-0.25, -0.2) is 0 Å². The van der Waals surface area contributed by atoms with E-state index in [-0.39, 0.29) is 5.92 Å². The van der Waals surface area contributed by atoms with E-state index < -0.39 is 0 Å². The van der Waals surface area contributed by atoms with Crippen LogP contribution >= 0.6 is 11.6 Å². The van der Waals surface area contributed by atoms with Crippen LogP contribution in [0.5, 0.6) is 0 Å². The summed E-state index contributed by atoms with van der Waals surface area (Å²) in [5.74, 6) is 0.580. The predicted molar refractivity (Wildman–Crippen MR) is 58.0 cm³/mol. The molecule has 1 fully saturated rings. The fraction of sp³-hybridized carbons (Fsp3) is 0.417. The number of ketones is 1. The molecule has 0 unspecified atom stereocenters. The van der Waals surface area contributed by atoms with E-state index in [0.717, 1.165) is 34.6 Å². The zero-order chi connectivity index (χ0) is 10.3. The van der Waals surface area contributed by atoms with Crippen LogP contribution in [0.4, 0.5) is 0 Å². The number of hydrogen-bond donors (Lipinski definition) is 0. The highest BCUT2D eigenvalue weighted by Gasteiger charge is 2.31. The molecule has 1 aromatic carbocycles. The molecule has 0 saturated heterocycles. The number of carbonyl (C=O) groups is 1. The van der Waals surface area contributed by atoms with Crippen molar-refractivity contribution in [1.82, 2.24) is 0 Å². The Morgan fingerprint density at radius 2 is 1.93 bits per heavy atom. The second-order valence-electron chi connectivity index (χ2n) is 3.98. The lowest BCUT2D eigenvalue weighted by Gasteiger charge is -2.08. The van der Waals surface area contributed by atoms with Crippen LogP contribution in [-0.2, 0) is 0 Å². The van der Waals surface area contributed by atoms with Gasteiger partial charge in [-0.3, -0.25) is 4.79 Å². The highest BCUT2D eigenvalue weighted by atomic mass is 35.5. The first-order chi connectivity index (χ1) is 6.61. The summed E-state index contributed by atoms with van der Waals surface area (Å²) in [6.45, 7) is 3.93. The molecule has 14 heavy (non-hydrogen) atoms. The van der Waals surface area contributed by atoms with Crippen molar-refractivity contribution in [2.24, 2.45) is 5.92 Å².